The van der Waals surface area contributed by atoms with Crippen LogP contribution in [0.15, 0.2) is 39.9 Å². The van der Waals surface area contributed by atoms with Gasteiger partial charge in [-0.15, -0.1) is 0 Å². The van der Waals surface area contributed by atoms with Gasteiger partial charge in [0.15, 0.2) is 5.65 Å². The summed E-state index contributed by atoms with van der Waals surface area (Å²) < 4.78 is 1.47. The third kappa shape index (κ3) is 5.22. The second-order valence-electron chi connectivity index (χ2n) is 9.81. The van der Waals surface area contributed by atoms with Gasteiger partial charge in [0.25, 0.3) is 11.5 Å². The second kappa shape index (κ2) is 10.2. The number of hydrogen-bond acceptors (Lipinski definition) is 5. The second-order valence-corrected chi connectivity index (χ2v) is 9.81. The average Bonchev–Trinajstić information content (AvgIpc) is 3.71. The van der Waals surface area contributed by atoms with Crippen LogP contribution < -0.4 is 16.6 Å². The maximum atomic E-state index is 13.3. The van der Waals surface area contributed by atoms with Gasteiger partial charge in [-0.2, -0.15) is 0 Å². The highest BCUT2D eigenvalue weighted by atomic mass is 16.2. The minimum Gasteiger partial charge on any atom is -0.348 e. The Kier molecular flexibility index (Phi) is 6.81. The van der Waals surface area contributed by atoms with Crippen molar-refractivity contribution in [2.75, 3.05) is 13.1 Å². The van der Waals surface area contributed by atoms with Gasteiger partial charge in [0, 0.05) is 31.2 Å². The predicted molar refractivity (Wildman–Crippen MR) is 136 cm³/mol. The van der Waals surface area contributed by atoms with Crippen molar-refractivity contribution in [3.63, 3.8) is 0 Å². The van der Waals surface area contributed by atoms with Crippen LogP contribution in [0.3, 0.4) is 0 Å². The SMILES string of the molecule is CCCn1c(=O)[nH]c(=O)c2c(C(=O)NCc3ccc(CN4CCCCC4)cc3)cc(C3CC3)nc21. The van der Waals surface area contributed by atoms with Crippen molar-refractivity contribution in [2.45, 2.75) is 71.0 Å². The molecule has 3 heterocycles. The van der Waals surface area contributed by atoms with Gasteiger partial charge in [0.2, 0.25) is 0 Å². The predicted octanol–water partition coefficient (Wildman–Crippen LogP) is 3.29. The highest BCUT2D eigenvalue weighted by molar-refractivity contribution is 6.05. The quantitative estimate of drug-likeness (QED) is 0.521. The van der Waals surface area contributed by atoms with Crippen LogP contribution in [-0.2, 0) is 19.6 Å². The highest BCUT2D eigenvalue weighted by Gasteiger charge is 2.28. The Morgan fingerprint density at radius 2 is 1.80 bits per heavy atom. The molecule has 1 aliphatic carbocycles. The lowest BCUT2D eigenvalue weighted by Gasteiger charge is -2.26. The number of carbonyl (C=O) groups is 1. The zero-order valence-corrected chi connectivity index (χ0v) is 20.3. The topological polar surface area (TPSA) is 100 Å². The van der Waals surface area contributed by atoms with E-state index < -0.39 is 11.2 Å². The number of fused-ring (bicyclic) bond motifs is 1. The summed E-state index contributed by atoms with van der Waals surface area (Å²) in [6, 6.07) is 10.1. The van der Waals surface area contributed by atoms with E-state index in [1.54, 1.807) is 6.07 Å². The highest BCUT2D eigenvalue weighted by Crippen LogP contribution is 2.39. The minimum atomic E-state index is -0.570. The number of carbonyl (C=O) groups excluding carboxylic acids is 1. The number of aromatic amines is 1. The fourth-order valence-electron chi connectivity index (χ4n) is 4.91. The molecule has 0 unspecified atom stereocenters. The first kappa shape index (κ1) is 23.5. The zero-order valence-electron chi connectivity index (χ0n) is 20.3. The summed E-state index contributed by atoms with van der Waals surface area (Å²) >= 11 is 0. The summed E-state index contributed by atoms with van der Waals surface area (Å²) in [5.74, 6) is -0.0493. The number of aromatic nitrogens is 3. The summed E-state index contributed by atoms with van der Waals surface area (Å²) in [5, 5.41) is 3.15. The Balaban J connectivity index is 1.37. The lowest BCUT2D eigenvalue weighted by Crippen LogP contribution is -2.33. The maximum Gasteiger partial charge on any atom is 0.329 e. The van der Waals surface area contributed by atoms with Crippen LogP contribution in [0.2, 0.25) is 0 Å². The third-order valence-corrected chi connectivity index (χ3v) is 6.99. The minimum absolute atomic E-state index is 0.178. The van der Waals surface area contributed by atoms with E-state index in [4.69, 9.17) is 0 Å². The molecule has 8 heteroatoms. The molecule has 1 saturated carbocycles. The molecular weight excluding hydrogens is 442 g/mol. The Morgan fingerprint density at radius 3 is 2.49 bits per heavy atom. The number of piperidine rings is 1. The monoisotopic (exact) mass is 475 g/mol. The van der Waals surface area contributed by atoms with Gasteiger partial charge in [-0.05, 0) is 62.4 Å². The van der Waals surface area contributed by atoms with E-state index in [2.05, 4.69) is 32.3 Å². The summed E-state index contributed by atoms with van der Waals surface area (Å²) in [7, 11) is 0. The van der Waals surface area contributed by atoms with Crippen molar-refractivity contribution in [1.29, 1.82) is 0 Å². The number of nitrogens with zero attached hydrogens (tertiary/aromatic N) is 3. The van der Waals surface area contributed by atoms with Gasteiger partial charge in [-0.25, -0.2) is 9.78 Å². The smallest absolute Gasteiger partial charge is 0.329 e. The van der Waals surface area contributed by atoms with Gasteiger partial charge >= 0.3 is 5.69 Å². The number of nitrogens with one attached hydrogen (secondary N) is 2. The number of pyridine rings is 1. The van der Waals surface area contributed by atoms with Crippen molar-refractivity contribution in [3.05, 3.63) is 73.6 Å². The van der Waals surface area contributed by atoms with Crippen molar-refractivity contribution >= 4 is 16.9 Å². The zero-order chi connectivity index (χ0) is 24.4. The number of benzene rings is 1. The van der Waals surface area contributed by atoms with Gasteiger partial charge in [-0.1, -0.05) is 37.6 Å². The number of aryl methyl sites for hydroxylation is 1. The van der Waals surface area contributed by atoms with E-state index in [1.165, 1.54) is 29.4 Å². The first-order valence-electron chi connectivity index (χ1n) is 12.8. The van der Waals surface area contributed by atoms with E-state index in [9.17, 15) is 14.4 Å². The Labute approximate surface area is 204 Å². The molecule has 1 saturated heterocycles. The Hall–Kier alpha value is -3.26. The van der Waals surface area contributed by atoms with E-state index in [-0.39, 0.29) is 22.8 Å². The summed E-state index contributed by atoms with van der Waals surface area (Å²) in [5.41, 5.74) is 2.58. The number of hydrogen-bond donors (Lipinski definition) is 2. The standard InChI is InChI=1S/C27H33N5O3/c1-2-12-32-24-23(26(34)30-27(32)35)21(15-22(29-24)20-10-11-20)25(33)28-16-18-6-8-19(9-7-18)17-31-13-4-3-5-14-31/h6-9,15,20H,2-5,10-14,16-17H2,1H3,(H,28,33)(H,30,34,35). The molecule has 1 aromatic carbocycles. The number of rotatable bonds is 8. The lowest BCUT2D eigenvalue weighted by atomic mass is 10.1. The molecule has 8 nitrogen and oxygen atoms in total. The van der Waals surface area contributed by atoms with E-state index in [0.717, 1.165) is 43.7 Å². The fourth-order valence-corrected chi connectivity index (χ4v) is 4.91. The van der Waals surface area contributed by atoms with Gasteiger partial charge in [-0.3, -0.25) is 24.0 Å². The summed E-state index contributed by atoms with van der Waals surface area (Å²) in [4.78, 5) is 48.0. The molecule has 2 N–H and O–H groups in total. The molecule has 0 spiro atoms. The van der Waals surface area contributed by atoms with Gasteiger partial charge in [0.05, 0.1) is 10.9 Å². The molecule has 1 aliphatic heterocycles. The van der Waals surface area contributed by atoms with Crippen LogP contribution in [0, 0.1) is 0 Å². The average molecular weight is 476 g/mol. The van der Waals surface area contributed by atoms with E-state index >= 15 is 0 Å². The maximum absolute atomic E-state index is 13.3. The van der Waals surface area contributed by atoms with Crippen LogP contribution in [0.25, 0.3) is 11.0 Å². The van der Waals surface area contributed by atoms with Crippen molar-refractivity contribution < 1.29 is 4.79 Å². The number of H-pyrrole nitrogens is 1. The van der Waals surface area contributed by atoms with Gasteiger partial charge in [0.1, 0.15) is 0 Å². The third-order valence-electron chi connectivity index (χ3n) is 6.99. The molecular formula is C27H33N5O3. The first-order valence-corrected chi connectivity index (χ1v) is 12.8. The molecule has 0 radical (unpaired) electrons. The molecule has 5 rings (SSSR count). The molecule has 0 atom stereocenters. The normalized spacial score (nSPS) is 16.5. The molecule has 0 bridgehead atoms. The van der Waals surface area contributed by atoms with Crippen LogP contribution in [0.5, 0.6) is 0 Å². The molecule has 184 valence electrons. The van der Waals surface area contributed by atoms with E-state index in [1.807, 2.05) is 19.1 Å². The first-order chi connectivity index (χ1) is 17.0. The van der Waals surface area contributed by atoms with Crippen molar-refractivity contribution in [2.24, 2.45) is 0 Å². The largest absolute Gasteiger partial charge is 0.348 e. The van der Waals surface area contributed by atoms with Crippen molar-refractivity contribution in [3.8, 4) is 0 Å². The van der Waals surface area contributed by atoms with Gasteiger partial charge < -0.3 is 5.32 Å². The fraction of sp³-hybridized carbons (Fsp3) is 0.481. The molecule has 2 aromatic heterocycles. The van der Waals surface area contributed by atoms with Crippen molar-refractivity contribution in [1.82, 2.24) is 24.8 Å². The van der Waals surface area contributed by atoms with Crippen LogP contribution in [-0.4, -0.2) is 38.4 Å². The molecule has 3 aromatic rings. The molecule has 2 fully saturated rings. The Bertz CT molecular complexity index is 1330. The van der Waals surface area contributed by atoms with Crippen LogP contribution in [0.1, 0.15) is 78.5 Å². The van der Waals surface area contributed by atoms with Crippen LogP contribution in [0.4, 0.5) is 0 Å². The van der Waals surface area contributed by atoms with Crippen LogP contribution >= 0.6 is 0 Å². The Morgan fingerprint density at radius 1 is 1.09 bits per heavy atom. The summed E-state index contributed by atoms with van der Waals surface area (Å²) in [6.45, 7) is 6.02. The molecule has 2 aliphatic rings. The molecule has 35 heavy (non-hydrogen) atoms. The lowest BCUT2D eigenvalue weighted by molar-refractivity contribution is 0.0952. The number of amides is 1. The molecule has 1 amide bonds. The summed E-state index contributed by atoms with van der Waals surface area (Å²) in [6.07, 6.45) is 6.59. The number of likely N-dealkylation sites (tertiary alicyclic amines) is 1. The van der Waals surface area contributed by atoms with E-state index in [0.29, 0.717) is 25.2 Å².